The molecular weight excluding hydrogens is 346 g/mol. The molecular formula is C24H35N3O. The van der Waals surface area contributed by atoms with Crippen molar-refractivity contribution in [2.45, 2.75) is 38.5 Å². The van der Waals surface area contributed by atoms with Crippen LogP contribution in [-0.4, -0.2) is 38.9 Å². The molecule has 1 aliphatic heterocycles. The number of aliphatic hydroxyl groups is 1. The molecule has 28 heavy (non-hydrogen) atoms. The van der Waals surface area contributed by atoms with Gasteiger partial charge in [-0.1, -0.05) is 38.1 Å². The SMILES string of the molecule is CC1C(c2ccc(N(C)C)cc2)NC(c2ccc(N(C)C)cc2)C(C)C1(C)O. The van der Waals surface area contributed by atoms with Crippen molar-refractivity contribution in [1.82, 2.24) is 5.32 Å². The van der Waals surface area contributed by atoms with Crippen LogP contribution in [0.25, 0.3) is 0 Å². The van der Waals surface area contributed by atoms with Gasteiger partial charge in [0.2, 0.25) is 0 Å². The highest BCUT2D eigenvalue weighted by molar-refractivity contribution is 5.48. The third-order valence-electron chi connectivity index (χ3n) is 6.74. The Balaban J connectivity index is 1.93. The van der Waals surface area contributed by atoms with Crippen LogP contribution in [-0.2, 0) is 0 Å². The van der Waals surface area contributed by atoms with Crippen LogP contribution in [0.4, 0.5) is 11.4 Å². The lowest BCUT2D eigenvalue weighted by Gasteiger charge is -2.50. The average Bonchev–Trinajstić information content (AvgIpc) is 2.67. The van der Waals surface area contributed by atoms with Crippen molar-refractivity contribution in [2.24, 2.45) is 11.8 Å². The van der Waals surface area contributed by atoms with Crippen LogP contribution in [0.5, 0.6) is 0 Å². The van der Waals surface area contributed by atoms with Crippen molar-refractivity contribution < 1.29 is 5.11 Å². The molecule has 0 aromatic heterocycles. The summed E-state index contributed by atoms with van der Waals surface area (Å²) in [6.45, 7) is 6.30. The van der Waals surface area contributed by atoms with E-state index in [-0.39, 0.29) is 23.9 Å². The maximum absolute atomic E-state index is 11.4. The highest BCUT2D eigenvalue weighted by Gasteiger charge is 2.48. The molecule has 0 radical (unpaired) electrons. The maximum Gasteiger partial charge on any atom is 0.0706 e. The van der Waals surface area contributed by atoms with E-state index in [0.29, 0.717) is 0 Å². The molecule has 4 atom stereocenters. The van der Waals surface area contributed by atoms with E-state index in [1.165, 1.54) is 22.5 Å². The summed E-state index contributed by atoms with van der Waals surface area (Å²) in [5.74, 6) is 0.204. The Labute approximate surface area is 170 Å². The molecule has 4 nitrogen and oxygen atoms in total. The van der Waals surface area contributed by atoms with Gasteiger partial charge in [0.25, 0.3) is 0 Å². The monoisotopic (exact) mass is 381 g/mol. The predicted octanol–water partition coefficient (Wildman–Crippen LogP) is 4.23. The van der Waals surface area contributed by atoms with Crippen molar-refractivity contribution in [2.75, 3.05) is 38.0 Å². The highest BCUT2D eigenvalue weighted by Crippen LogP contribution is 2.46. The molecule has 0 saturated carbocycles. The van der Waals surface area contributed by atoms with E-state index >= 15 is 0 Å². The van der Waals surface area contributed by atoms with E-state index in [9.17, 15) is 5.11 Å². The number of rotatable bonds is 4. The fourth-order valence-electron chi connectivity index (χ4n) is 4.30. The van der Waals surface area contributed by atoms with Crippen LogP contribution in [0, 0.1) is 11.8 Å². The molecule has 1 heterocycles. The molecule has 0 bridgehead atoms. The van der Waals surface area contributed by atoms with Gasteiger partial charge in [-0.2, -0.15) is 0 Å². The fourth-order valence-corrected chi connectivity index (χ4v) is 4.30. The van der Waals surface area contributed by atoms with Gasteiger partial charge >= 0.3 is 0 Å². The number of hydrogen-bond acceptors (Lipinski definition) is 4. The van der Waals surface area contributed by atoms with Gasteiger partial charge in [-0.3, -0.25) is 0 Å². The van der Waals surface area contributed by atoms with Gasteiger partial charge in [0.05, 0.1) is 5.60 Å². The van der Waals surface area contributed by atoms with Crippen molar-refractivity contribution in [1.29, 1.82) is 0 Å². The van der Waals surface area contributed by atoms with Gasteiger partial charge in [0, 0.05) is 63.5 Å². The number of anilines is 2. The minimum atomic E-state index is -0.763. The second-order valence-electron chi connectivity index (χ2n) is 8.90. The maximum atomic E-state index is 11.4. The molecule has 1 fully saturated rings. The molecule has 4 heteroatoms. The molecule has 152 valence electrons. The van der Waals surface area contributed by atoms with Gasteiger partial charge < -0.3 is 20.2 Å². The Kier molecular flexibility index (Phi) is 5.74. The van der Waals surface area contributed by atoms with Crippen molar-refractivity contribution in [3.05, 3.63) is 59.7 Å². The summed E-state index contributed by atoms with van der Waals surface area (Å²) in [6, 6.07) is 17.5. The van der Waals surface area contributed by atoms with E-state index in [1.807, 2.05) is 6.92 Å². The van der Waals surface area contributed by atoms with Crippen LogP contribution in [0.2, 0.25) is 0 Å². The minimum absolute atomic E-state index is 0.0981. The lowest BCUT2D eigenvalue weighted by molar-refractivity contribution is -0.0960. The first-order valence-corrected chi connectivity index (χ1v) is 10.2. The molecule has 0 spiro atoms. The molecule has 2 aromatic carbocycles. The summed E-state index contributed by atoms with van der Waals surface area (Å²) < 4.78 is 0. The molecule has 1 saturated heterocycles. The first-order valence-electron chi connectivity index (χ1n) is 10.2. The molecule has 2 aromatic rings. The second kappa shape index (κ2) is 7.76. The van der Waals surface area contributed by atoms with E-state index in [1.54, 1.807) is 0 Å². The molecule has 1 aliphatic rings. The Morgan fingerprint density at radius 2 is 1.04 bits per heavy atom. The summed E-state index contributed by atoms with van der Waals surface area (Å²) in [7, 11) is 8.21. The Morgan fingerprint density at radius 1 is 0.714 bits per heavy atom. The summed E-state index contributed by atoms with van der Waals surface area (Å²) in [4.78, 5) is 4.21. The third kappa shape index (κ3) is 3.76. The largest absolute Gasteiger partial charge is 0.389 e. The quantitative estimate of drug-likeness (QED) is 0.831. The van der Waals surface area contributed by atoms with E-state index < -0.39 is 5.60 Å². The minimum Gasteiger partial charge on any atom is -0.389 e. The number of nitrogens with one attached hydrogen (secondary N) is 1. The molecule has 0 aliphatic carbocycles. The molecule has 2 N–H and O–H groups in total. The van der Waals surface area contributed by atoms with Crippen molar-refractivity contribution >= 4 is 11.4 Å². The van der Waals surface area contributed by atoms with E-state index in [4.69, 9.17) is 0 Å². The number of benzene rings is 2. The first kappa shape index (κ1) is 20.7. The lowest BCUT2D eigenvalue weighted by atomic mass is 9.67. The lowest BCUT2D eigenvalue weighted by Crippen LogP contribution is -2.56. The average molecular weight is 382 g/mol. The zero-order valence-corrected chi connectivity index (χ0v) is 18.3. The van der Waals surface area contributed by atoms with Crippen molar-refractivity contribution in [3.63, 3.8) is 0 Å². The van der Waals surface area contributed by atoms with Gasteiger partial charge in [-0.15, -0.1) is 0 Å². The molecule has 4 unspecified atom stereocenters. The van der Waals surface area contributed by atoms with E-state index in [2.05, 4.69) is 106 Å². The van der Waals surface area contributed by atoms with E-state index in [0.717, 1.165) is 0 Å². The van der Waals surface area contributed by atoms with Gasteiger partial charge in [-0.25, -0.2) is 0 Å². The zero-order chi connectivity index (χ0) is 20.6. The van der Waals surface area contributed by atoms with Crippen LogP contribution in [0.1, 0.15) is 44.0 Å². The summed E-state index contributed by atoms with van der Waals surface area (Å²) in [5, 5.41) is 15.3. The summed E-state index contributed by atoms with van der Waals surface area (Å²) in [5.41, 5.74) is 4.05. The van der Waals surface area contributed by atoms with Crippen LogP contribution in [0.3, 0.4) is 0 Å². The summed E-state index contributed by atoms with van der Waals surface area (Å²) in [6.07, 6.45) is 0. The normalized spacial score (nSPS) is 30.1. The topological polar surface area (TPSA) is 38.7 Å². The van der Waals surface area contributed by atoms with Crippen LogP contribution in [0.15, 0.2) is 48.5 Å². The standard InChI is InChI=1S/C24H35N3O/c1-16-22(18-8-12-20(13-9-18)26(4)5)25-23(17(2)24(16,3)28)19-10-14-21(15-11-19)27(6)7/h8-17,22-23,25,28H,1-7H3. The van der Waals surface area contributed by atoms with Crippen molar-refractivity contribution in [3.8, 4) is 0 Å². The Bertz CT molecular complexity index is 715. The number of piperidine rings is 1. The first-order chi connectivity index (χ1) is 13.1. The predicted molar refractivity (Wildman–Crippen MR) is 119 cm³/mol. The Hall–Kier alpha value is -2.04. The Morgan fingerprint density at radius 3 is 1.32 bits per heavy atom. The number of nitrogens with zero attached hydrogens (tertiary/aromatic N) is 2. The zero-order valence-electron chi connectivity index (χ0n) is 18.3. The van der Waals surface area contributed by atoms with Crippen LogP contribution >= 0.6 is 0 Å². The van der Waals surface area contributed by atoms with Gasteiger partial charge in [0.15, 0.2) is 0 Å². The number of hydrogen-bond donors (Lipinski definition) is 2. The van der Waals surface area contributed by atoms with Crippen LogP contribution < -0.4 is 15.1 Å². The molecule has 0 amide bonds. The summed E-state index contributed by atoms with van der Waals surface area (Å²) >= 11 is 0. The highest BCUT2D eigenvalue weighted by atomic mass is 16.3. The third-order valence-corrected chi connectivity index (χ3v) is 6.74. The molecule has 3 rings (SSSR count). The van der Waals surface area contributed by atoms with Gasteiger partial charge in [-0.05, 0) is 42.3 Å². The fraction of sp³-hybridized carbons (Fsp3) is 0.500. The second-order valence-corrected chi connectivity index (χ2v) is 8.90. The smallest absolute Gasteiger partial charge is 0.0706 e. The van der Waals surface area contributed by atoms with Gasteiger partial charge in [0.1, 0.15) is 0 Å².